The first-order valence-electron chi connectivity index (χ1n) is 2.28. The molecule has 0 N–H and O–H groups in total. The first-order chi connectivity index (χ1) is 3.77. The summed E-state index contributed by atoms with van der Waals surface area (Å²) >= 11 is 0. The Bertz CT molecular complexity index is 63.4. The summed E-state index contributed by atoms with van der Waals surface area (Å²) in [5.41, 5.74) is 0. The van der Waals surface area contributed by atoms with Crippen molar-refractivity contribution in [1.82, 2.24) is 0 Å². The number of ether oxygens (including phenoxy) is 1. The Morgan fingerprint density at radius 2 is 2.25 bits per heavy atom. The van der Waals surface area contributed by atoms with E-state index in [9.17, 15) is 8.78 Å². The third-order valence-corrected chi connectivity index (χ3v) is 0.566. The zero-order valence-corrected chi connectivity index (χ0v) is 4.44. The molecule has 1 nitrogen and oxygen atoms in total. The van der Waals surface area contributed by atoms with E-state index in [4.69, 9.17) is 0 Å². The lowest BCUT2D eigenvalue weighted by Crippen LogP contribution is -1.98. The average Bonchev–Trinajstić information content (AvgIpc) is 1.66. The van der Waals surface area contributed by atoms with E-state index in [0.29, 0.717) is 6.42 Å². The number of halogens is 2. The molecule has 8 heavy (non-hydrogen) atoms. The molecule has 0 amide bonds. The lowest BCUT2D eigenvalue weighted by atomic mass is 10.5. The summed E-state index contributed by atoms with van der Waals surface area (Å²) < 4.78 is 26.1. The van der Waals surface area contributed by atoms with Gasteiger partial charge in [-0.3, -0.25) is 0 Å². The van der Waals surface area contributed by atoms with Crippen molar-refractivity contribution in [2.75, 3.05) is 6.61 Å². The molecule has 0 aliphatic heterocycles. The largest absolute Gasteiger partial charge is 0.345 e. The Hall–Kier alpha value is -0.440. The summed E-state index contributed by atoms with van der Waals surface area (Å²) in [6.07, 6.45) is 2.01. The maximum atomic E-state index is 11.1. The molecular formula is C5H8F2O. The van der Waals surface area contributed by atoms with Crippen molar-refractivity contribution in [1.29, 1.82) is 0 Å². The van der Waals surface area contributed by atoms with E-state index in [2.05, 4.69) is 11.3 Å². The van der Waals surface area contributed by atoms with E-state index < -0.39 is 6.61 Å². The number of hydrogen-bond acceptors (Lipinski definition) is 1. The number of alkyl halides is 2. The van der Waals surface area contributed by atoms with Gasteiger partial charge >= 0.3 is 6.61 Å². The third kappa shape index (κ3) is 5.56. The van der Waals surface area contributed by atoms with Gasteiger partial charge < -0.3 is 4.74 Å². The first-order valence-corrected chi connectivity index (χ1v) is 2.28. The molecule has 0 saturated carbocycles. The zero-order chi connectivity index (χ0) is 6.41. The molecular weight excluding hydrogens is 114 g/mol. The molecule has 0 rings (SSSR count). The van der Waals surface area contributed by atoms with Crippen LogP contribution in [0.15, 0.2) is 12.7 Å². The van der Waals surface area contributed by atoms with Crippen LogP contribution in [-0.4, -0.2) is 13.2 Å². The van der Waals surface area contributed by atoms with E-state index in [1.165, 1.54) is 6.08 Å². The summed E-state index contributed by atoms with van der Waals surface area (Å²) in [6.45, 7) is 0.746. The number of rotatable bonds is 4. The quantitative estimate of drug-likeness (QED) is 0.408. The van der Waals surface area contributed by atoms with E-state index in [0.717, 1.165) is 0 Å². The van der Waals surface area contributed by atoms with Gasteiger partial charge in [0.05, 0.1) is 6.61 Å². The molecule has 0 atom stereocenters. The summed E-state index contributed by atoms with van der Waals surface area (Å²) in [5, 5.41) is 0. The standard InChI is InChI=1S/C5H8F2O/c1-2-3-4-8-5(6)7/h2,5H,1,3-4H2. The summed E-state index contributed by atoms with van der Waals surface area (Å²) in [5.74, 6) is 0. The zero-order valence-electron chi connectivity index (χ0n) is 4.44. The fraction of sp³-hybridized carbons (Fsp3) is 0.600. The van der Waals surface area contributed by atoms with Crippen molar-refractivity contribution in [2.45, 2.75) is 13.0 Å². The van der Waals surface area contributed by atoms with Crippen LogP contribution in [0.2, 0.25) is 0 Å². The second-order valence-electron chi connectivity index (χ2n) is 1.21. The molecule has 0 aromatic rings. The van der Waals surface area contributed by atoms with Gasteiger partial charge in [-0.25, -0.2) is 0 Å². The van der Waals surface area contributed by atoms with Crippen LogP contribution in [-0.2, 0) is 4.74 Å². The first kappa shape index (κ1) is 7.56. The fourth-order valence-corrected chi connectivity index (χ4v) is 0.240. The highest BCUT2D eigenvalue weighted by atomic mass is 19.3. The van der Waals surface area contributed by atoms with Gasteiger partial charge in [0.2, 0.25) is 0 Å². The Morgan fingerprint density at radius 3 is 2.62 bits per heavy atom. The van der Waals surface area contributed by atoms with Gasteiger partial charge in [0, 0.05) is 0 Å². The second kappa shape index (κ2) is 4.71. The average molecular weight is 122 g/mol. The SMILES string of the molecule is C=CCCOC(F)F. The molecule has 0 radical (unpaired) electrons. The van der Waals surface area contributed by atoms with Crippen molar-refractivity contribution in [3.63, 3.8) is 0 Å². The monoisotopic (exact) mass is 122 g/mol. The Morgan fingerprint density at radius 1 is 1.62 bits per heavy atom. The molecule has 0 bridgehead atoms. The van der Waals surface area contributed by atoms with Crippen molar-refractivity contribution >= 4 is 0 Å². The van der Waals surface area contributed by atoms with Crippen molar-refractivity contribution < 1.29 is 13.5 Å². The minimum absolute atomic E-state index is 0.0567. The molecule has 0 saturated heterocycles. The van der Waals surface area contributed by atoms with Crippen molar-refractivity contribution in [2.24, 2.45) is 0 Å². The van der Waals surface area contributed by atoms with Crippen LogP contribution in [0, 0.1) is 0 Å². The Labute approximate surface area is 47.0 Å². The predicted molar refractivity (Wildman–Crippen MR) is 26.8 cm³/mol. The molecule has 0 aliphatic carbocycles. The van der Waals surface area contributed by atoms with Crippen molar-refractivity contribution in [3.05, 3.63) is 12.7 Å². The van der Waals surface area contributed by atoms with Crippen LogP contribution >= 0.6 is 0 Å². The fourth-order valence-electron chi connectivity index (χ4n) is 0.240. The lowest BCUT2D eigenvalue weighted by molar-refractivity contribution is -0.127. The highest BCUT2D eigenvalue weighted by Crippen LogP contribution is 1.94. The molecule has 48 valence electrons. The lowest BCUT2D eigenvalue weighted by Gasteiger charge is -1.96. The molecule has 0 spiro atoms. The van der Waals surface area contributed by atoms with Crippen LogP contribution in [0.3, 0.4) is 0 Å². The van der Waals surface area contributed by atoms with E-state index in [1.54, 1.807) is 0 Å². The van der Waals surface area contributed by atoms with Gasteiger partial charge in [0.25, 0.3) is 0 Å². The van der Waals surface area contributed by atoms with Gasteiger partial charge in [0.15, 0.2) is 0 Å². The number of hydrogen-bond donors (Lipinski definition) is 0. The van der Waals surface area contributed by atoms with Crippen LogP contribution < -0.4 is 0 Å². The van der Waals surface area contributed by atoms with Crippen molar-refractivity contribution in [3.8, 4) is 0 Å². The molecule has 0 heterocycles. The Balaban J connectivity index is 2.81. The topological polar surface area (TPSA) is 9.23 Å². The van der Waals surface area contributed by atoms with Crippen LogP contribution in [0.5, 0.6) is 0 Å². The summed E-state index contributed by atoms with van der Waals surface area (Å²) in [4.78, 5) is 0. The van der Waals surface area contributed by atoms with Crippen LogP contribution in [0.1, 0.15) is 6.42 Å². The van der Waals surface area contributed by atoms with E-state index >= 15 is 0 Å². The highest BCUT2D eigenvalue weighted by Gasteiger charge is 1.97. The highest BCUT2D eigenvalue weighted by molar-refractivity contribution is 4.64. The molecule has 0 unspecified atom stereocenters. The van der Waals surface area contributed by atoms with Gasteiger partial charge in [-0.1, -0.05) is 6.08 Å². The van der Waals surface area contributed by atoms with Gasteiger partial charge in [0.1, 0.15) is 0 Å². The normalized spacial score (nSPS) is 9.88. The minimum atomic E-state index is -2.64. The summed E-state index contributed by atoms with van der Waals surface area (Å²) in [7, 11) is 0. The maximum absolute atomic E-state index is 11.1. The van der Waals surface area contributed by atoms with E-state index in [-0.39, 0.29) is 6.61 Å². The molecule has 3 heteroatoms. The Kier molecular flexibility index (Phi) is 4.45. The second-order valence-corrected chi connectivity index (χ2v) is 1.21. The maximum Gasteiger partial charge on any atom is 0.345 e. The van der Waals surface area contributed by atoms with Gasteiger partial charge in [-0.15, -0.1) is 6.58 Å². The summed E-state index contributed by atoms with van der Waals surface area (Å²) in [6, 6.07) is 0. The van der Waals surface area contributed by atoms with Crippen LogP contribution in [0.4, 0.5) is 8.78 Å². The van der Waals surface area contributed by atoms with Gasteiger partial charge in [-0.2, -0.15) is 8.78 Å². The smallest absolute Gasteiger partial charge is 0.323 e. The van der Waals surface area contributed by atoms with E-state index in [1.807, 2.05) is 0 Å². The molecule has 0 fully saturated rings. The molecule has 0 aliphatic rings. The molecule has 0 aromatic carbocycles. The van der Waals surface area contributed by atoms with Gasteiger partial charge in [-0.05, 0) is 6.42 Å². The minimum Gasteiger partial charge on any atom is -0.323 e. The third-order valence-electron chi connectivity index (χ3n) is 0.566. The molecule has 0 aromatic heterocycles. The predicted octanol–water partition coefficient (Wildman–Crippen LogP) is 1.80. The van der Waals surface area contributed by atoms with Crippen LogP contribution in [0.25, 0.3) is 0 Å².